The number of carbonyl (C=O) groups excluding carboxylic acids is 1. The van der Waals surface area contributed by atoms with Crippen molar-refractivity contribution >= 4 is 11.6 Å². The van der Waals surface area contributed by atoms with Gasteiger partial charge in [0.15, 0.2) is 0 Å². The summed E-state index contributed by atoms with van der Waals surface area (Å²) in [4.78, 5) is 12.4. The van der Waals surface area contributed by atoms with Crippen LogP contribution in [0.5, 0.6) is 0 Å². The Balaban J connectivity index is 1.68. The van der Waals surface area contributed by atoms with Crippen LogP contribution < -0.4 is 10.6 Å². The minimum absolute atomic E-state index is 0.0460. The summed E-state index contributed by atoms with van der Waals surface area (Å²) in [5, 5.41) is 6.44. The summed E-state index contributed by atoms with van der Waals surface area (Å²) in [5.74, 6) is 0.487. The minimum atomic E-state index is 0.0460. The second-order valence-corrected chi connectivity index (χ2v) is 5.70. The molecule has 2 unspecified atom stereocenters. The van der Waals surface area contributed by atoms with E-state index in [2.05, 4.69) is 23.6 Å². The molecule has 1 fully saturated rings. The lowest BCUT2D eigenvalue weighted by atomic mass is 9.96. The molecule has 0 bridgehead atoms. The molecule has 0 saturated carbocycles. The van der Waals surface area contributed by atoms with Crippen LogP contribution in [-0.2, 0) is 11.2 Å². The van der Waals surface area contributed by atoms with Gasteiger partial charge in [-0.05, 0) is 43.9 Å². The zero-order valence-corrected chi connectivity index (χ0v) is 11.9. The summed E-state index contributed by atoms with van der Waals surface area (Å²) in [6.07, 6.45) is 3.36. The molecule has 1 aromatic carbocycles. The maximum atomic E-state index is 12.4. The lowest BCUT2D eigenvalue weighted by Gasteiger charge is -2.21. The standard InChI is InChI=1S/C16H22N2O2/c1-11-12(7-9-20-11)10-18-16(19)14-4-2-6-15-13(14)5-3-8-17-15/h2,4,6,11-12,17H,3,5,7-10H2,1H3,(H,18,19). The molecule has 4 nitrogen and oxygen atoms in total. The number of hydrogen-bond acceptors (Lipinski definition) is 3. The van der Waals surface area contributed by atoms with Crippen molar-refractivity contribution < 1.29 is 9.53 Å². The van der Waals surface area contributed by atoms with Crippen LogP contribution in [0.4, 0.5) is 5.69 Å². The smallest absolute Gasteiger partial charge is 0.251 e. The molecule has 2 heterocycles. The van der Waals surface area contributed by atoms with E-state index in [9.17, 15) is 4.79 Å². The Kier molecular flexibility index (Phi) is 3.92. The molecule has 3 rings (SSSR count). The van der Waals surface area contributed by atoms with Crippen molar-refractivity contribution in [2.24, 2.45) is 5.92 Å². The SMILES string of the molecule is CC1OCCC1CNC(=O)c1cccc2c1CCCN2. The van der Waals surface area contributed by atoms with E-state index in [4.69, 9.17) is 4.74 Å². The summed E-state index contributed by atoms with van der Waals surface area (Å²) >= 11 is 0. The van der Waals surface area contributed by atoms with Gasteiger partial charge in [0.2, 0.25) is 0 Å². The van der Waals surface area contributed by atoms with Crippen LogP contribution in [0, 0.1) is 5.92 Å². The van der Waals surface area contributed by atoms with Crippen LogP contribution in [0.15, 0.2) is 18.2 Å². The lowest BCUT2D eigenvalue weighted by Crippen LogP contribution is -2.33. The monoisotopic (exact) mass is 274 g/mol. The van der Waals surface area contributed by atoms with Crippen molar-refractivity contribution in [1.29, 1.82) is 0 Å². The van der Waals surface area contributed by atoms with Crippen LogP contribution in [0.25, 0.3) is 0 Å². The fourth-order valence-electron chi connectivity index (χ4n) is 3.09. The molecule has 0 radical (unpaired) electrons. The molecule has 0 aromatic heterocycles. The lowest BCUT2D eigenvalue weighted by molar-refractivity contribution is 0.0906. The van der Waals surface area contributed by atoms with Gasteiger partial charge in [-0.25, -0.2) is 0 Å². The maximum absolute atomic E-state index is 12.4. The summed E-state index contributed by atoms with van der Waals surface area (Å²) < 4.78 is 5.53. The van der Waals surface area contributed by atoms with Gasteiger partial charge in [-0.3, -0.25) is 4.79 Å². The minimum Gasteiger partial charge on any atom is -0.385 e. The first-order valence-corrected chi connectivity index (χ1v) is 7.51. The summed E-state index contributed by atoms with van der Waals surface area (Å²) in [6, 6.07) is 5.93. The van der Waals surface area contributed by atoms with Gasteiger partial charge in [0, 0.05) is 36.9 Å². The maximum Gasteiger partial charge on any atom is 0.251 e. The Morgan fingerprint density at radius 1 is 1.50 bits per heavy atom. The number of amides is 1. The molecule has 2 aliphatic rings. The molecular weight excluding hydrogens is 252 g/mol. The molecule has 0 aliphatic carbocycles. The number of anilines is 1. The number of benzene rings is 1. The molecule has 1 aromatic rings. The fraction of sp³-hybridized carbons (Fsp3) is 0.562. The first-order valence-electron chi connectivity index (χ1n) is 7.51. The predicted octanol–water partition coefficient (Wildman–Crippen LogP) is 2.20. The average molecular weight is 274 g/mol. The topological polar surface area (TPSA) is 50.4 Å². The Hall–Kier alpha value is -1.55. The molecule has 20 heavy (non-hydrogen) atoms. The van der Waals surface area contributed by atoms with Crippen LogP contribution in [-0.4, -0.2) is 31.7 Å². The molecule has 1 amide bonds. The molecule has 108 valence electrons. The molecule has 2 aliphatic heterocycles. The highest BCUT2D eigenvalue weighted by atomic mass is 16.5. The van der Waals surface area contributed by atoms with Crippen LogP contribution in [0.3, 0.4) is 0 Å². The van der Waals surface area contributed by atoms with Crippen molar-refractivity contribution in [3.05, 3.63) is 29.3 Å². The van der Waals surface area contributed by atoms with Crippen LogP contribution in [0.2, 0.25) is 0 Å². The Morgan fingerprint density at radius 3 is 3.20 bits per heavy atom. The van der Waals surface area contributed by atoms with Gasteiger partial charge in [0.1, 0.15) is 0 Å². The van der Waals surface area contributed by atoms with Gasteiger partial charge in [-0.2, -0.15) is 0 Å². The summed E-state index contributed by atoms with van der Waals surface area (Å²) in [6.45, 7) is 4.59. The zero-order valence-electron chi connectivity index (χ0n) is 11.9. The summed E-state index contributed by atoms with van der Waals surface area (Å²) in [7, 11) is 0. The molecule has 2 N–H and O–H groups in total. The number of hydrogen-bond donors (Lipinski definition) is 2. The Labute approximate surface area is 119 Å². The van der Waals surface area contributed by atoms with E-state index >= 15 is 0 Å². The van der Waals surface area contributed by atoms with E-state index < -0.39 is 0 Å². The van der Waals surface area contributed by atoms with Gasteiger partial charge in [0.25, 0.3) is 5.91 Å². The summed E-state index contributed by atoms with van der Waals surface area (Å²) in [5.41, 5.74) is 3.09. The number of rotatable bonds is 3. The van der Waals surface area contributed by atoms with Crippen molar-refractivity contribution in [2.45, 2.75) is 32.3 Å². The van der Waals surface area contributed by atoms with E-state index in [0.717, 1.165) is 49.2 Å². The van der Waals surface area contributed by atoms with Gasteiger partial charge in [0.05, 0.1) is 6.10 Å². The van der Waals surface area contributed by atoms with Crippen molar-refractivity contribution in [3.8, 4) is 0 Å². The van der Waals surface area contributed by atoms with E-state index in [1.54, 1.807) is 0 Å². The Morgan fingerprint density at radius 2 is 2.40 bits per heavy atom. The highest BCUT2D eigenvalue weighted by Crippen LogP contribution is 2.25. The third-order valence-corrected chi connectivity index (χ3v) is 4.40. The zero-order chi connectivity index (χ0) is 13.9. The van der Waals surface area contributed by atoms with Gasteiger partial charge < -0.3 is 15.4 Å². The molecule has 0 spiro atoms. The van der Waals surface area contributed by atoms with Gasteiger partial charge in [-0.15, -0.1) is 0 Å². The second-order valence-electron chi connectivity index (χ2n) is 5.70. The van der Waals surface area contributed by atoms with Crippen molar-refractivity contribution in [3.63, 3.8) is 0 Å². The van der Waals surface area contributed by atoms with Crippen LogP contribution in [0.1, 0.15) is 35.7 Å². The first-order chi connectivity index (χ1) is 9.75. The normalized spacial score (nSPS) is 24.9. The van der Waals surface area contributed by atoms with E-state index in [1.165, 1.54) is 0 Å². The molecule has 4 heteroatoms. The fourth-order valence-corrected chi connectivity index (χ4v) is 3.09. The van der Waals surface area contributed by atoms with Crippen molar-refractivity contribution in [1.82, 2.24) is 5.32 Å². The number of nitrogens with one attached hydrogen (secondary N) is 2. The third kappa shape index (κ3) is 2.66. The van der Waals surface area contributed by atoms with E-state index in [-0.39, 0.29) is 12.0 Å². The highest BCUT2D eigenvalue weighted by molar-refractivity contribution is 5.97. The predicted molar refractivity (Wildman–Crippen MR) is 79.1 cm³/mol. The molecule has 2 atom stereocenters. The van der Waals surface area contributed by atoms with Gasteiger partial charge in [-0.1, -0.05) is 6.07 Å². The number of ether oxygens (including phenoxy) is 1. The van der Waals surface area contributed by atoms with Crippen molar-refractivity contribution in [2.75, 3.05) is 25.0 Å². The quantitative estimate of drug-likeness (QED) is 0.888. The second kappa shape index (κ2) is 5.83. The largest absolute Gasteiger partial charge is 0.385 e. The average Bonchev–Trinajstić information content (AvgIpc) is 2.89. The Bertz CT molecular complexity index is 501. The first kappa shape index (κ1) is 13.4. The molecule has 1 saturated heterocycles. The number of carbonyl (C=O) groups is 1. The highest BCUT2D eigenvalue weighted by Gasteiger charge is 2.25. The molecular formula is C16H22N2O2. The number of fused-ring (bicyclic) bond motifs is 1. The van der Waals surface area contributed by atoms with Crippen LogP contribution >= 0.6 is 0 Å². The van der Waals surface area contributed by atoms with Gasteiger partial charge >= 0.3 is 0 Å². The third-order valence-electron chi connectivity index (χ3n) is 4.40. The van der Waals surface area contributed by atoms with E-state index in [1.807, 2.05) is 12.1 Å². The van der Waals surface area contributed by atoms with E-state index in [0.29, 0.717) is 12.5 Å².